The molecule has 0 radical (unpaired) electrons. The van der Waals surface area contributed by atoms with Gasteiger partial charge in [0.2, 0.25) is 0 Å². The Morgan fingerprint density at radius 3 is 2.22 bits per heavy atom. The van der Waals surface area contributed by atoms with Gasteiger partial charge in [0.25, 0.3) is 5.91 Å². The summed E-state index contributed by atoms with van der Waals surface area (Å²) < 4.78 is 5.88. The zero-order valence-electron chi connectivity index (χ0n) is 15.3. The second-order valence-electron chi connectivity index (χ2n) is 6.34. The second-order valence-corrected chi connectivity index (χ2v) is 6.72. The average molecular weight is 382 g/mol. The third-order valence-electron chi connectivity index (χ3n) is 4.17. The van der Waals surface area contributed by atoms with Crippen molar-refractivity contribution in [3.8, 4) is 11.5 Å². The molecule has 0 spiro atoms. The van der Waals surface area contributed by atoms with Crippen molar-refractivity contribution in [2.45, 2.75) is 20.8 Å². The number of hydrogen-bond acceptors (Lipinski definition) is 4. The van der Waals surface area contributed by atoms with E-state index in [9.17, 15) is 4.79 Å². The number of halogens is 1. The van der Waals surface area contributed by atoms with Crippen LogP contribution in [0.25, 0.3) is 0 Å². The third-order valence-corrected chi connectivity index (χ3v) is 4.77. The van der Waals surface area contributed by atoms with Crippen LogP contribution in [-0.2, 0) is 0 Å². The molecule has 2 aromatic carbocycles. The summed E-state index contributed by atoms with van der Waals surface area (Å²) in [7, 11) is 0. The summed E-state index contributed by atoms with van der Waals surface area (Å²) in [6.07, 6.45) is 1.58. The van der Waals surface area contributed by atoms with Gasteiger partial charge in [0.15, 0.2) is 0 Å². The Bertz CT molecular complexity index is 958. The molecule has 0 saturated heterocycles. The highest BCUT2D eigenvalue weighted by Crippen LogP contribution is 2.29. The van der Waals surface area contributed by atoms with E-state index in [0.717, 1.165) is 21.7 Å². The number of nitrogens with zero attached hydrogens (tertiary/aromatic N) is 1. The number of ether oxygens (including phenoxy) is 1. The molecule has 0 saturated carbocycles. The van der Waals surface area contributed by atoms with Crippen LogP contribution in [0.4, 0.5) is 11.5 Å². The van der Waals surface area contributed by atoms with Crippen LogP contribution in [0.5, 0.6) is 11.5 Å². The number of amides is 1. The van der Waals surface area contributed by atoms with Crippen LogP contribution in [0.3, 0.4) is 0 Å². The van der Waals surface area contributed by atoms with E-state index in [0.29, 0.717) is 22.7 Å². The number of carbonyl (C=O) groups excluding carboxylic acids is 1. The van der Waals surface area contributed by atoms with Crippen molar-refractivity contribution < 1.29 is 9.53 Å². The highest BCUT2D eigenvalue weighted by atomic mass is 35.5. The van der Waals surface area contributed by atoms with Gasteiger partial charge in [-0.25, -0.2) is 4.98 Å². The maximum absolute atomic E-state index is 12.5. The van der Waals surface area contributed by atoms with Gasteiger partial charge in [0, 0.05) is 16.9 Å². The van der Waals surface area contributed by atoms with Crippen LogP contribution in [0.2, 0.25) is 5.02 Å². The van der Waals surface area contributed by atoms with Crippen molar-refractivity contribution in [2.75, 3.05) is 11.1 Å². The van der Waals surface area contributed by atoms with Gasteiger partial charge >= 0.3 is 0 Å². The van der Waals surface area contributed by atoms with Crippen molar-refractivity contribution in [1.82, 2.24) is 4.98 Å². The van der Waals surface area contributed by atoms with E-state index < -0.39 is 0 Å². The summed E-state index contributed by atoms with van der Waals surface area (Å²) >= 11 is 6.19. The minimum atomic E-state index is -0.296. The number of aryl methyl sites for hydroxylation is 3. The zero-order valence-corrected chi connectivity index (χ0v) is 16.1. The molecule has 3 aromatic rings. The molecule has 0 unspecified atom stereocenters. The van der Waals surface area contributed by atoms with Crippen LogP contribution < -0.4 is 15.8 Å². The van der Waals surface area contributed by atoms with E-state index in [4.69, 9.17) is 22.1 Å². The van der Waals surface area contributed by atoms with Gasteiger partial charge < -0.3 is 15.8 Å². The molecule has 1 aromatic heterocycles. The predicted octanol–water partition coefficient (Wildman–Crippen LogP) is 5.29. The van der Waals surface area contributed by atoms with Crippen LogP contribution in [0.1, 0.15) is 27.0 Å². The van der Waals surface area contributed by atoms with Gasteiger partial charge in [-0.05, 0) is 79.9 Å². The number of anilines is 2. The normalized spacial score (nSPS) is 10.5. The van der Waals surface area contributed by atoms with Gasteiger partial charge in [-0.3, -0.25) is 4.79 Å². The molecule has 6 heteroatoms. The zero-order chi connectivity index (χ0) is 19.6. The summed E-state index contributed by atoms with van der Waals surface area (Å²) in [4.78, 5) is 16.4. The molecule has 3 N–H and O–H groups in total. The van der Waals surface area contributed by atoms with Crippen LogP contribution >= 0.6 is 11.6 Å². The maximum atomic E-state index is 12.5. The Labute approximate surface area is 163 Å². The fourth-order valence-electron chi connectivity index (χ4n) is 2.78. The van der Waals surface area contributed by atoms with Gasteiger partial charge in [-0.2, -0.15) is 0 Å². The smallest absolute Gasteiger partial charge is 0.259 e. The fourth-order valence-corrected chi connectivity index (χ4v) is 2.88. The number of nitrogen functional groups attached to an aromatic ring is 1. The Morgan fingerprint density at radius 1 is 1.00 bits per heavy atom. The number of nitrogens with one attached hydrogen (secondary N) is 1. The molecule has 5 nitrogen and oxygen atoms in total. The van der Waals surface area contributed by atoms with Crippen molar-refractivity contribution in [3.63, 3.8) is 0 Å². The lowest BCUT2D eigenvalue weighted by molar-refractivity contribution is 0.102. The first-order chi connectivity index (χ1) is 12.8. The van der Waals surface area contributed by atoms with Crippen LogP contribution in [0.15, 0.2) is 48.7 Å². The van der Waals surface area contributed by atoms with E-state index >= 15 is 0 Å². The molecule has 0 atom stereocenters. The number of aromatic nitrogens is 1. The third kappa shape index (κ3) is 4.20. The molecule has 1 amide bonds. The fraction of sp³-hybridized carbons (Fsp3) is 0.143. The summed E-state index contributed by atoms with van der Waals surface area (Å²) in [6, 6.07) is 12.6. The minimum Gasteiger partial charge on any atom is -0.457 e. The topological polar surface area (TPSA) is 77.2 Å². The van der Waals surface area contributed by atoms with Gasteiger partial charge in [0.05, 0.1) is 5.56 Å². The Balaban J connectivity index is 1.73. The molecular weight excluding hydrogens is 362 g/mol. The Hall–Kier alpha value is -3.05. The molecule has 0 bridgehead atoms. The Morgan fingerprint density at radius 2 is 1.63 bits per heavy atom. The largest absolute Gasteiger partial charge is 0.457 e. The Kier molecular flexibility index (Phi) is 5.33. The van der Waals surface area contributed by atoms with Gasteiger partial charge in [-0.15, -0.1) is 0 Å². The molecule has 1 heterocycles. The van der Waals surface area contributed by atoms with E-state index in [1.165, 1.54) is 0 Å². The molecule has 138 valence electrons. The number of rotatable bonds is 4. The summed E-state index contributed by atoms with van der Waals surface area (Å²) in [5.41, 5.74) is 9.52. The highest BCUT2D eigenvalue weighted by Gasteiger charge is 2.14. The molecular formula is C21H20ClN3O2. The van der Waals surface area contributed by atoms with Crippen molar-refractivity contribution in [2.24, 2.45) is 0 Å². The van der Waals surface area contributed by atoms with Crippen molar-refractivity contribution >= 4 is 29.0 Å². The first-order valence-electron chi connectivity index (χ1n) is 8.42. The van der Waals surface area contributed by atoms with Gasteiger partial charge in [-0.1, -0.05) is 11.6 Å². The van der Waals surface area contributed by atoms with Crippen molar-refractivity contribution in [3.05, 3.63) is 75.9 Å². The maximum Gasteiger partial charge on any atom is 0.259 e. The van der Waals surface area contributed by atoms with E-state index in [1.54, 1.807) is 36.5 Å². The second kappa shape index (κ2) is 7.68. The predicted molar refractivity (Wildman–Crippen MR) is 109 cm³/mol. The molecule has 0 aliphatic rings. The van der Waals surface area contributed by atoms with Gasteiger partial charge in [0.1, 0.15) is 17.3 Å². The minimum absolute atomic E-state index is 0.209. The van der Waals surface area contributed by atoms with Crippen molar-refractivity contribution in [1.29, 1.82) is 0 Å². The van der Waals surface area contributed by atoms with Crippen LogP contribution in [0, 0.1) is 20.8 Å². The molecule has 0 aliphatic heterocycles. The number of hydrogen-bond donors (Lipinski definition) is 2. The molecule has 3 rings (SSSR count). The molecule has 27 heavy (non-hydrogen) atoms. The summed E-state index contributed by atoms with van der Waals surface area (Å²) in [5, 5.41) is 3.57. The van der Waals surface area contributed by atoms with E-state index in [2.05, 4.69) is 10.3 Å². The first kappa shape index (κ1) is 18.7. The molecule has 0 fully saturated rings. The number of nitrogens with two attached hydrogens (primary N) is 1. The SMILES string of the molecule is Cc1cc(Oc2ccc(NC(=O)c3c(C)ccnc3N)cc2)cc(C)c1Cl. The quantitative estimate of drug-likeness (QED) is 0.643. The average Bonchev–Trinajstić information content (AvgIpc) is 2.61. The standard InChI is InChI=1S/C21H20ClN3O2/c1-12-8-9-24-20(23)18(12)21(26)25-15-4-6-16(7-5-15)27-17-10-13(2)19(22)14(3)11-17/h4-11H,1-3H3,(H2,23,24)(H,25,26). The number of carbonyl (C=O) groups is 1. The monoisotopic (exact) mass is 381 g/mol. The number of benzene rings is 2. The number of pyridine rings is 1. The van der Waals surface area contributed by atoms with E-state index in [1.807, 2.05) is 32.9 Å². The summed E-state index contributed by atoms with van der Waals surface area (Å²) in [6.45, 7) is 5.69. The summed E-state index contributed by atoms with van der Waals surface area (Å²) in [5.74, 6) is 1.28. The lowest BCUT2D eigenvalue weighted by Gasteiger charge is -2.11. The van der Waals surface area contributed by atoms with E-state index in [-0.39, 0.29) is 11.7 Å². The lowest BCUT2D eigenvalue weighted by Crippen LogP contribution is -2.16. The lowest BCUT2D eigenvalue weighted by atomic mass is 10.1. The highest BCUT2D eigenvalue weighted by molar-refractivity contribution is 6.32. The molecule has 0 aliphatic carbocycles. The first-order valence-corrected chi connectivity index (χ1v) is 8.80. The van der Waals surface area contributed by atoms with Crippen LogP contribution in [-0.4, -0.2) is 10.9 Å².